The van der Waals surface area contributed by atoms with Crippen LogP contribution in [-0.4, -0.2) is 18.9 Å². The van der Waals surface area contributed by atoms with E-state index < -0.39 is 31.9 Å². The topological polar surface area (TPSA) is 47.0 Å². The van der Waals surface area contributed by atoms with Crippen LogP contribution in [0.5, 0.6) is 0 Å². The third-order valence-electron chi connectivity index (χ3n) is 4.83. The zero-order chi connectivity index (χ0) is 21.0. The molecule has 1 aliphatic rings. The number of halogens is 5. The van der Waals surface area contributed by atoms with Crippen LogP contribution in [0.2, 0.25) is 0 Å². The molecule has 3 aromatic rings. The number of rotatable bonds is 2. The predicted molar refractivity (Wildman–Crippen MR) is 96.7 cm³/mol. The molecular formula is C20H12F5NO2S. The van der Waals surface area contributed by atoms with Crippen molar-refractivity contribution in [2.24, 2.45) is 0 Å². The molecule has 0 saturated carbocycles. The summed E-state index contributed by atoms with van der Waals surface area (Å²) in [5.74, 6) is -1.51. The molecule has 0 N–H and O–H groups in total. The Morgan fingerprint density at radius 3 is 2.48 bits per heavy atom. The van der Waals surface area contributed by atoms with Crippen LogP contribution in [0.4, 0.5) is 22.0 Å². The normalized spacial score (nSPS) is 14.6. The minimum atomic E-state index is -5.61. The third-order valence-corrected chi connectivity index (χ3v) is 6.38. The maximum atomic E-state index is 14.6. The molecule has 150 valence electrons. The van der Waals surface area contributed by atoms with Crippen molar-refractivity contribution < 1.29 is 30.4 Å². The van der Waals surface area contributed by atoms with Crippen molar-refractivity contribution >= 4 is 26.2 Å². The number of pyridine rings is 1. The molecule has 3 nitrogen and oxygen atoms in total. The van der Waals surface area contributed by atoms with E-state index >= 15 is 0 Å². The van der Waals surface area contributed by atoms with Crippen molar-refractivity contribution in [3.8, 4) is 0 Å². The molecule has 0 aliphatic heterocycles. The van der Waals surface area contributed by atoms with Gasteiger partial charge < -0.3 is 0 Å². The van der Waals surface area contributed by atoms with E-state index in [0.717, 1.165) is 18.3 Å². The van der Waals surface area contributed by atoms with Gasteiger partial charge in [-0.3, -0.25) is 4.98 Å². The van der Waals surface area contributed by atoms with Gasteiger partial charge in [0.1, 0.15) is 11.6 Å². The molecule has 0 fully saturated rings. The Kier molecular flexibility index (Phi) is 4.45. The molecule has 2 aromatic carbocycles. The van der Waals surface area contributed by atoms with E-state index in [0.29, 0.717) is 29.5 Å². The number of aromatic nitrogens is 1. The van der Waals surface area contributed by atoms with Gasteiger partial charge in [0, 0.05) is 29.4 Å². The van der Waals surface area contributed by atoms with Gasteiger partial charge in [-0.25, -0.2) is 17.2 Å². The monoisotopic (exact) mass is 425 g/mol. The summed E-state index contributed by atoms with van der Waals surface area (Å²) in [6.45, 7) is 0. The highest BCUT2D eigenvalue weighted by Crippen LogP contribution is 2.40. The van der Waals surface area contributed by atoms with Crippen LogP contribution in [0.1, 0.15) is 23.1 Å². The number of hydrogen-bond acceptors (Lipinski definition) is 3. The standard InChI is InChI=1S/C20H12F5NO2S/c21-12-8-11-2-1-3-15(19(11)17(22)9-12)13-4-5-18(29(27,28)20(23,24)25)16-10-26-7-6-14(13)16/h3-10H,1-2H2. The zero-order valence-corrected chi connectivity index (χ0v) is 15.4. The SMILES string of the molecule is O=S(=O)(c1ccc(C2=CCCc3cc(F)cc(F)c32)c2ccncc12)C(F)(F)F. The molecule has 0 unspecified atom stereocenters. The van der Waals surface area contributed by atoms with Gasteiger partial charge >= 0.3 is 5.51 Å². The number of sulfone groups is 1. The summed E-state index contributed by atoms with van der Waals surface area (Å²) < 4.78 is 91.4. The van der Waals surface area contributed by atoms with Crippen LogP contribution in [0.25, 0.3) is 16.3 Å². The van der Waals surface area contributed by atoms with Gasteiger partial charge in [-0.15, -0.1) is 0 Å². The van der Waals surface area contributed by atoms with Crippen LogP contribution in [-0.2, 0) is 16.3 Å². The number of nitrogens with zero attached hydrogens (tertiary/aromatic N) is 1. The Balaban J connectivity index is 2.00. The number of aryl methyl sites for hydroxylation is 1. The highest BCUT2D eigenvalue weighted by atomic mass is 32.2. The van der Waals surface area contributed by atoms with E-state index in [1.54, 1.807) is 6.08 Å². The molecular weight excluding hydrogens is 413 g/mol. The van der Waals surface area contributed by atoms with Crippen LogP contribution < -0.4 is 0 Å². The van der Waals surface area contributed by atoms with E-state index in [-0.39, 0.29) is 16.3 Å². The second-order valence-electron chi connectivity index (χ2n) is 6.56. The average Bonchev–Trinajstić information content (AvgIpc) is 2.65. The molecule has 1 aromatic heterocycles. The van der Waals surface area contributed by atoms with Gasteiger partial charge in [0.05, 0.1) is 4.90 Å². The maximum absolute atomic E-state index is 14.6. The van der Waals surface area contributed by atoms with Crippen molar-refractivity contribution in [1.82, 2.24) is 4.98 Å². The highest BCUT2D eigenvalue weighted by Gasteiger charge is 2.47. The Bertz CT molecular complexity index is 1280. The molecule has 0 atom stereocenters. The van der Waals surface area contributed by atoms with Crippen molar-refractivity contribution in [1.29, 1.82) is 0 Å². The average molecular weight is 425 g/mol. The Morgan fingerprint density at radius 2 is 1.76 bits per heavy atom. The lowest BCUT2D eigenvalue weighted by Crippen LogP contribution is -2.23. The number of benzene rings is 2. The summed E-state index contributed by atoms with van der Waals surface area (Å²) in [5.41, 5.74) is -4.17. The number of allylic oxidation sites excluding steroid dienone is 1. The second kappa shape index (κ2) is 6.62. The van der Waals surface area contributed by atoms with E-state index in [4.69, 9.17) is 0 Å². The summed E-state index contributed by atoms with van der Waals surface area (Å²) in [6.07, 6.45) is 4.92. The van der Waals surface area contributed by atoms with Crippen molar-refractivity contribution in [2.45, 2.75) is 23.2 Å². The molecule has 29 heavy (non-hydrogen) atoms. The summed E-state index contributed by atoms with van der Waals surface area (Å²) in [5, 5.41) is -0.0500. The fraction of sp³-hybridized carbons (Fsp3) is 0.150. The van der Waals surface area contributed by atoms with Crippen LogP contribution in [0, 0.1) is 11.6 Å². The molecule has 0 saturated heterocycles. The number of alkyl halides is 3. The van der Waals surface area contributed by atoms with Crippen molar-refractivity contribution in [3.63, 3.8) is 0 Å². The van der Waals surface area contributed by atoms with Gasteiger partial charge in [0.15, 0.2) is 0 Å². The van der Waals surface area contributed by atoms with Gasteiger partial charge in [0.25, 0.3) is 9.84 Å². The zero-order valence-electron chi connectivity index (χ0n) is 14.6. The van der Waals surface area contributed by atoms with Gasteiger partial charge in [-0.2, -0.15) is 13.2 Å². The molecule has 1 aliphatic carbocycles. The Morgan fingerprint density at radius 1 is 1.00 bits per heavy atom. The molecule has 0 bridgehead atoms. The molecule has 0 radical (unpaired) electrons. The molecule has 0 amide bonds. The quantitative estimate of drug-likeness (QED) is 0.532. The summed E-state index contributed by atoms with van der Waals surface area (Å²) in [7, 11) is -5.61. The lowest BCUT2D eigenvalue weighted by molar-refractivity contribution is -0.0435. The minimum absolute atomic E-state index is 0.155. The Hall–Kier alpha value is -2.81. The Labute approximate surface area is 162 Å². The van der Waals surface area contributed by atoms with Gasteiger partial charge in [-0.1, -0.05) is 12.1 Å². The predicted octanol–water partition coefficient (Wildman–Crippen LogP) is 5.18. The fourth-order valence-corrected chi connectivity index (χ4v) is 4.55. The highest BCUT2D eigenvalue weighted by molar-refractivity contribution is 7.92. The second-order valence-corrected chi connectivity index (χ2v) is 8.47. The first-order chi connectivity index (χ1) is 13.6. The molecule has 4 rings (SSSR count). The number of hydrogen-bond donors (Lipinski definition) is 0. The van der Waals surface area contributed by atoms with E-state index in [1.807, 2.05) is 0 Å². The van der Waals surface area contributed by atoms with E-state index in [1.165, 1.54) is 24.4 Å². The number of fused-ring (bicyclic) bond motifs is 2. The van der Waals surface area contributed by atoms with Crippen LogP contribution in [0.15, 0.2) is 53.7 Å². The molecule has 0 spiro atoms. The third kappa shape index (κ3) is 3.09. The smallest absolute Gasteiger partial charge is 0.264 e. The molecule has 9 heteroatoms. The first kappa shape index (κ1) is 19.5. The maximum Gasteiger partial charge on any atom is 0.501 e. The summed E-state index contributed by atoms with van der Waals surface area (Å²) in [6, 6.07) is 5.39. The lowest BCUT2D eigenvalue weighted by Gasteiger charge is -2.21. The largest absolute Gasteiger partial charge is 0.501 e. The van der Waals surface area contributed by atoms with Gasteiger partial charge in [0.2, 0.25) is 0 Å². The van der Waals surface area contributed by atoms with E-state index in [9.17, 15) is 30.4 Å². The van der Waals surface area contributed by atoms with E-state index in [2.05, 4.69) is 4.98 Å². The first-order valence-electron chi connectivity index (χ1n) is 8.48. The fourth-order valence-electron chi connectivity index (χ4n) is 3.60. The van der Waals surface area contributed by atoms with Crippen molar-refractivity contribution in [3.05, 3.63) is 77.1 Å². The minimum Gasteiger partial charge on any atom is -0.264 e. The summed E-state index contributed by atoms with van der Waals surface area (Å²) in [4.78, 5) is 2.83. The lowest BCUT2D eigenvalue weighted by atomic mass is 9.85. The van der Waals surface area contributed by atoms with Gasteiger partial charge in [-0.05, 0) is 53.1 Å². The van der Waals surface area contributed by atoms with Crippen LogP contribution >= 0.6 is 0 Å². The first-order valence-corrected chi connectivity index (χ1v) is 9.96. The summed E-state index contributed by atoms with van der Waals surface area (Å²) >= 11 is 0. The van der Waals surface area contributed by atoms with Crippen molar-refractivity contribution in [2.75, 3.05) is 0 Å². The molecule has 1 heterocycles. The van der Waals surface area contributed by atoms with Crippen LogP contribution in [0.3, 0.4) is 0 Å².